The topological polar surface area (TPSA) is 51.7 Å². The van der Waals surface area contributed by atoms with E-state index in [0.717, 1.165) is 35.3 Å². The molecule has 5 heteroatoms. The summed E-state index contributed by atoms with van der Waals surface area (Å²) in [6, 6.07) is 10.0. The van der Waals surface area contributed by atoms with Gasteiger partial charge in [-0.25, -0.2) is 9.78 Å². The Morgan fingerprint density at radius 3 is 2.84 bits per heavy atom. The molecule has 1 aliphatic heterocycles. The second-order valence-corrected chi connectivity index (χ2v) is 7.67. The fraction of sp³-hybridized carbons (Fsp3) is 0.500. The molecule has 1 saturated heterocycles. The summed E-state index contributed by atoms with van der Waals surface area (Å²) in [5, 5.41) is 1.07. The van der Waals surface area contributed by atoms with E-state index >= 15 is 0 Å². The Balaban J connectivity index is 1.60. The third-order valence-corrected chi connectivity index (χ3v) is 4.23. The van der Waals surface area contributed by atoms with Crippen LogP contribution in [0.1, 0.15) is 32.9 Å². The van der Waals surface area contributed by atoms with E-state index < -0.39 is 5.60 Å². The van der Waals surface area contributed by atoms with Crippen molar-refractivity contribution in [2.45, 2.75) is 39.7 Å². The van der Waals surface area contributed by atoms with Crippen molar-refractivity contribution in [2.75, 3.05) is 19.7 Å². The lowest BCUT2D eigenvalue weighted by molar-refractivity contribution is 0.0285. The Kier molecular flexibility index (Phi) is 4.84. The fourth-order valence-electron chi connectivity index (χ4n) is 3.00. The molecule has 1 atom stereocenters. The number of amides is 1. The van der Waals surface area contributed by atoms with E-state index in [0.29, 0.717) is 19.1 Å². The molecule has 0 saturated carbocycles. The lowest BCUT2D eigenvalue weighted by Crippen LogP contribution is -2.35. The second-order valence-electron chi connectivity index (χ2n) is 7.67. The maximum atomic E-state index is 12.1. The monoisotopic (exact) mass is 342 g/mol. The number of aromatic nitrogens is 1. The standard InChI is InChI=1S/C20H26N2O3/c1-14-8-9-16-6-5-7-17(18(16)21-14)24-13-15-10-11-22(12-15)19(23)25-20(2,3)4/h5-9,15H,10-13H2,1-4H3. The fourth-order valence-corrected chi connectivity index (χ4v) is 3.00. The summed E-state index contributed by atoms with van der Waals surface area (Å²) in [6.07, 6.45) is 0.689. The smallest absolute Gasteiger partial charge is 0.410 e. The summed E-state index contributed by atoms with van der Waals surface area (Å²) in [5.74, 6) is 1.12. The van der Waals surface area contributed by atoms with Crippen LogP contribution in [0.15, 0.2) is 30.3 Å². The lowest BCUT2D eigenvalue weighted by atomic mass is 10.1. The molecule has 1 aromatic heterocycles. The Morgan fingerprint density at radius 1 is 1.28 bits per heavy atom. The number of pyridine rings is 1. The van der Waals surface area contributed by atoms with Gasteiger partial charge >= 0.3 is 6.09 Å². The average molecular weight is 342 g/mol. The van der Waals surface area contributed by atoms with Crippen molar-refractivity contribution in [2.24, 2.45) is 5.92 Å². The Morgan fingerprint density at radius 2 is 2.08 bits per heavy atom. The summed E-state index contributed by atoms with van der Waals surface area (Å²) < 4.78 is 11.5. The summed E-state index contributed by atoms with van der Waals surface area (Å²) in [7, 11) is 0. The minimum Gasteiger partial charge on any atom is -0.491 e. The molecule has 2 heterocycles. The third-order valence-electron chi connectivity index (χ3n) is 4.23. The van der Waals surface area contributed by atoms with E-state index in [2.05, 4.69) is 11.1 Å². The van der Waals surface area contributed by atoms with Gasteiger partial charge in [-0.05, 0) is 46.2 Å². The molecular weight excluding hydrogens is 316 g/mol. The molecule has 5 nitrogen and oxygen atoms in total. The Hall–Kier alpha value is -2.30. The van der Waals surface area contributed by atoms with Gasteiger partial charge in [0.2, 0.25) is 0 Å². The third kappa shape index (κ3) is 4.41. The summed E-state index contributed by atoms with van der Waals surface area (Å²) in [4.78, 5) is 18.5. The maximum absolute atomic E-state index is 12.1. The lowest BCUT2D eigenvalue weighted by Gasteiger charge is -2.24. The van der Waals surface area contributed by atoms with Gasteiger partial charge in [-0.2, -0.15) is 0 Å². The molecule has 1 aromatic carbocycles. The van der Waals surface area contributed by atoms with Crippen molar-refractivity contribution in [1.29, 1.82) is 0 Å². The van der Waals surface area contributed by atoms with Gasteiger partial charge in [0.1, 0.15) is 16.9 Å². The van der Waals surface area contributed by atoms with Crippen LogP contribution in [-0.4, -0.2) is 41.3 Å². The second kappa shape index (κ2) is 6.90. The molecule has 0 radical (unpaired) electrons. The average Bonchev–Trinajstić information content (AvgIpc) is 3.00. The molecule has 134 valence electrons. The van der Waals surface area contributed by atoms with Crippen molar-refractivity contribution in [1.82, 2.24) is 9.88 Å². The van der Waals surface area contributed by atoms with Crippen LogP contribution < -0.4 is 4.74 Å². The van der Waals surface area contributed by atoms with Crippen molar-refractivity contribution in [3.8, 4) is 5.75 Å². The zero-order valence-electron chi connectivity index (χ0n) is 15.4. The summed E-state index contributed by atoms with van der Waals surface area (Å²) >= 11 is 0. The zero-order chi connectivity index (χ0) is 18.0. The first-order valence-electron chi connectivity index (χ1n) is 8.79. The van der Waals surface area contributed by atoms with Crippen molar-refractivity contribution < 1.29 is 14.3 Å². The molecule has 1 fully saturated rings. The van der Waals surface area contributed by atoms with Crippen LogP contribution in [0.5, 0.6) is 5.75 Å². The highest BCUT2D eigenvalue weighted by molar-refractivity contribution is 5.84. The molecule has 0 spiro atoms. The molecule has 0 bridgehead atoms. The molecule has 3 rings (SSSR count). The van der Waals surface area contributed by atoms with Gasteiger partial charge in [-0.15, -0.1) is 0 Å². The van der Waals surface area contributed by atoms with Gasteiger partial charge in [0.05, 0.1) is 6.61 Å². The Bertz CT molecular complexity index is 767. The van der Waals surface area contributed by atoms with Crippen LogP contribution in [0.2, 0.25) is 0 Å². The molecular formula is C20H26N2O3. The number of fused-ring (bicyclic) bond motifs is 1. The maximum Gasteiger partial charge on any atom is 0.410 e. The molecule has 25 heavy (non-hydrogen) atoms. The van der Waals surface area contributed by atoms with Crippen molar-refractivity contribution >= 4 is 17.0 Å². The highest BCUT2D eigenvalue weighted by Crippen LogP contribution is 2.26. The largest absolute Gasteiger partial charge is 0.491 e. The van der Waals surface area contributed by atoms with Crippen LogP contribution in [0.4, 0.5) is 4.79 Å². The predicted molar refractivity (Wildman–Crippen MR) is 97.9 cm³/mol. The highest BCUT2D eigenvalue weighted by atomic mass is 16.6. The number of ether oxygens (including phenoxy) is 2. The number of aryl methyl sites for hydroxylation is 1. The number of hydrogen-bond donors (Lipinski definition) is 0. The van der Waals surface area contributed by atoms with E-state index in [9.17, 15) is 4.79 Å². The normalized spacial score (nSPS) is 17.8. The van der Waals surface area contributed by atoms with Crippen molar-refractivity contribution in [3.63, 3.8) is 0 Å². The summed E-state index contributed by atoms with van der Waals surface area (Å²) in [6.45, 7) is 9.60. The number of rotatable bonds is 3. The van der Waals surface area contributed by atoms with Gasteiger partial charge in [-0.3, -0.25) is 0 Å². The molecule has 1 unspecified atom stereocenters. The van der Waals surface area contributed by atoms with Gasteiger partial charge in [0.25, 0.3) is 0 Å². The predicted octanol–water partition coefficient (Wildman–Crippen LogP) is 4.18. The van der Waals surface area contributed by atoms with Gasteiger partial charge in [-0.1, -0.05) is 18.2 Å². The van der Waals surface area contributed by atoms with Gasteiger partial charge in [0.15, 0.2) is 0 Å². The van der Waals surface area contributed by atoms with Crippen LogP contribution in [0, 0.1) is 12.8 Å². The van der Waals surface area contributed by atoms with E-state index in [1.807, 2.05) is 52.0 Å². The van der Waals surface area contributed by atoms with Gasteiger partial charge < -0.3 is 14.4 Å². The molecule has 1 aliphatic rings. The van der Waals surface area contributed by atoms with E-state index in [-0.39, 0.29) is 6.09 Å². The number of carbonyl (C=O) groups is 1. The first-order chi connectivity index (χ1) is 11.8. The Labute approximate surface area is 148 Å². The van der Waals surface area contributed by atoms with Crippen LogP contribution in [-0.2, 0) is 4.74 Å². The SMILES string of the molecule is Cc1ccc2cccc(OCC3CCN(C(=O)OC(C)(C)C)C3)c2n1. The highest BCUT2D eigenvalue weighted by Gasteiger charge is 2.30. The minimum atomic E-state index is -0.460. The number of nitrogens with zero attached hydrogens (tertiary/aromatic N) is 2. The number of carbonyl (C=O) groups excluding carboxylic acids is 1. The van der Waals surface area contributed by atoms with Crippen LogP contribution >= 0.6 is 0 Å². The first kappa shape index (κ1) is 17.5. The van der Waals surface area contributed by atoms with E-state index in [4.69, 9.17) is 9.47 Å². The molecule has 2 aromatic rings. The number of para-hydroxylation sites is 1. The number of likely N-dealkylation sites (tertiary alicyclic amines) is 1. The number of hydrogen-bond acceptors (Lipinski definition) is 4. The quantitative estimate of drug-likeness (QED) is 0.840. The van der Waals surface area contributed by atoms with Crippen LogP contribution in [0.3, 0.4) is 0 Å². The molecule has 0 N–H and O–H groups in total. The van der Waals surface area contributed by atoms with Crippen molar-refractivity contribution in [3.05, 3.63) is 36.0 Å². The van der Waals surface area contributed by atoms with E-state index in [1.165, 1.54) is 0 Å². The zero-order valence-corrected chi connectivity index (χ0v) is 15.4. The minimum absolute atomic E-state index is 0.238. The number of benzene rings is 1. The van der Waals surface area contributed by atoms with E-state index in [1.54, 1.807) is 4.90 Å². The van der Waals surface area contributed by atoms with Crippen LogP contribution in [0.25, 0.3) is 10.9 Å². The molecule has 1 amide bonds. The first-order valence-corrected chi connectivity index (χ1v) is 8.79. The molecule has 0 aliphatic carbocycles. The summed E-state index contributed by atoms with van der Waals surface area (Å²) in [5.41, 5.74) is 1.41. The van der Waals surface area contributed by atoms with Gasteiger partial charge in [0, 0.05) is 30.1 Å².